The quantitative estimate of drug-likeness (QED) is 0.686. The van der Waals surface area contributed by atoms with Crippen LogP contribution in [0.25, 0.3) is 0 Å². The van der Waals surface area contributed by atoms with E-state index in [4.69, 9.17) is 9.84 Å². The van der Waals surface area contributed by atoms with Crippen LogP contribution < -0.4 is 10.6 Å². The van der Waals surface area contributed by atoms with E-state index in [0.29, 0.717) is 25.0 Å². The summed E-state index contributed by atoms with van der Waals surface area (Å²) in [6.07, 6.45) is 1.97. The highest BCUT2D eigenvalue weighted by Crippen LogP contribution is 2.26. The largest absolute Gasteiger partial charge is 0.395 e. The van der Waals surface area contributed by atoms with Crippen molar-refractivity contribution in [2.45, 2.75) is 18.8 Å². The maximum absolute atomic E-state index is 8.97. The lowest BCUT2D eigenvalue weighted by atomic mass is 10.0. The molecule has 1 saturated heterocycles. The number of hydrogen-bond donors (Lipinski definition) is 3. The summed E-state index contributed by atoms with van der Waals surface area (Å²) in [5.41, 5.74) is 0.997. The van der Waals surface area contributed by atoms with Crippen LogP contribution in [0.15, 0.2) is 23.6 Å². The highest BCUT2D eigenvalue weighted by molar-refractivity contribution is 7.09. The van der Waals surface area contributed by atoms with Crippen molar-refractivity contribution in [3.05, 3.63) is 34.2 Å². The molecule has 23 heavy (non-hydrogen) atoms. The molecule has 1 aliphatic heterocycles. The van der Waals surface area contributed by atoms with Crippen LogP contribution in [0, 0.1) is 0 Å². The zero-order valence-corrected chi connectivity index (χ0v) is 13.8. The van der Waals surface area contributed by atoms with Gasteiger partial charge in [-0.05, 0) is 24.3 Å². The molecule has 0 bridgehead atoms. The molecule has 0 amide bonds. The van der Waals surface area contributed by atoms with Gasteiger partial charge in [-0.3, -0.25) is 0 Å². The standard InChI is InChI=1S/C16H22N4O2S/c21-7-6-18-16-19-14(12-4-8-22-11-12)10-15(20-16)17-5-3-13-2-1-9-23-13/h1-2,9-10,12,21H,3-8,11H2,(H2,17,18,19,20). The van der Waals surface area contributed by atoms with Crippen LogP contribution in [0.3, 0.4) is 0 Å². The predicted octanol–water partition coefficient (Wildman–Crippen LogP) is 2.10. The lowest BCUT2D eigenvalue weighted by molar-refractivity contribution is 0.193. The second-order valence-electron chi connectivity index (χ2n) is 5.47. The minimum Gasteiger partial charge on any atom is -0.395 e. The molecule has 0 radical (unpaired) electrons. The number of aliphatic hydroxyl groups is 1. The number of aliphatic hydroxyl groups excluding tert-OH is 1. The molecule has 1 aliphatic rings. The van der Waals surface area contributed by atoms with E-state index in [0.717, 1.165) is 37.5 Å². The summed E-state index contributed by atoms with van der Waals surface area (Å²) in [7, 11) is 0. The Balaban J connectivity index is 1.67. The van der Waals surface area contributed by atoms with E-state index in [2.05, 4.69) is 38.1 Å². The third kappa shape index (κ3) is 4.63. The van der Waals surface area contributed by atoms with Crippen molar-refractivity contribution in [1.82, 2.24) is 9.97 Å². The minimum absolute atomic E-state index is 0.0568. The SMILES string of the molecule is OCCNc1nc(NCCc2cccs2)cc(C2CCOC2)n1. The third-order valence-electron chi connectivity index (χ3n) is 3.75. The number of rotatable bonds is 8. The van der Waals surface area contributed by atoms with Gasteiger partial charge in [-0.2, -0.15) is 4.98 Å². The van der Waals surface area contributed by atoms with E-state index in [1.807, 2.05) is 6.07 Å². The lowest BCUT2D eigenvalue weighted by Crippen LogP contribution is -2.14. The van der Waals surface area contributed by atoms with Gasteiger partial charge in [0.15, 0.2) is 0 Å². The van der Waals surface area contributed by atoms with Gasteiger partial charge in [-0.15, -0.1) is 11.3 Å². The number of aromatic nitrogens is 2. The van der Waals surface area contributed by atoms with E-state index in [9.17, 15) is 0 Å². The summed E-state index contributed by atoms with van der Waals surface area (Å²) in [5, 5.41) is 17.5. The number of ether oxygens (including phenoxy) is 1. The normalized spacial score (nSPS) is 17.3. The molecule has 0 saturated carbocycles. The van der Waals surface area contributed by atoms with Crippen molar-refractivity contribution < 1.29 is 9.84 Å². The molecular weight excluding hydrogens is 312 g/mol. The molecule has 1 fully saturated rings. The van der Waals surface area contributed by atoms with E-state index in [1.54, 1.807) is 11.3 Å². The van der Waals surface area contributed by atoms with Crippen LogP contribution in [0.4, 0.5) is 11.8 Å². The van der Waals surface area contributed by atoms with Crippen molar-refractivity contribution >= 4 is 23.1 Å². The molecule has 0 aromatic carbocycles. The first-order valence-electron chi connectivity index (χ1n) is 7.93. The van der Waals surface area contributed by atoms with Crippen LogP contribution in [0.1, 0.15) is 22.9 Å². The monoisotopic (exact) mass is 334 g/mol. The molecular formula is C16H22N4O2S. The summed E-state index contributed by atoms with van der Waals surface area (Å²) in [5.74, 6) is 1.70. The predicted molar refractivity (Wildman–Crippen MR) is 92.3 cm³/mol. The van der Waals surface area contributed by atoms with Crippen LogP contribution >= 0.6 is 11.3 Å². The number of nitrogens with one attached hydrogen (secondary N) is 2. The molecule has 1 unspecified atom stereocenters. The van der Waals surface area contributed by atoms with Gasteiger partial charge < -0.3 is 20.5 Å². The zero-order chi connectivity index (χ0) is 15.9. The van der Waals surface area contributed by atoms with Gasteiger partial charge in [-0.1, -0.05) is 6.07 Å². The molecule has 0 aliphatic carbocycles. The highest BCUT2D eigenvalue weighted by Gasteiger charge is 2.20. The Morgan fingerprint density at radius 1 is 1.30 bits per heavy atom. The molecule has 3 rings (SSSR count). The molecule has 3 heterocycles. The summed E-state index contributed by atoms with van der Waals surface area (Å²) in [4.78, 5) is 10.4. The zero-order valence-electron chi connectivity index (χ0n) is 13.0. The number of anilines is 2. The summed E-state index contributed by atoms with van der Waals surface area (Å²) in [6.45, 7) is 2.83. The second kappa shape index (κ2) is 8.24. The van der Waals surface area contributed by atoms with Crippen molar-refractivity contribution in [2.24, 2.45) is 0 Å². The van der Waals surface area contributed by atoms with Gasteiger partial charge in [0.2, 0.25) is 5.95 Å². The van der Waals surface area contributed by atoms with Crippen LogP contribution in [-0.4, -0.2) is 48.0 Å². The Hall–Kier alpha value is -1.70. The Morgan fingerprint density at radius 3 is 3.00 bits per heavy atom. The highest BCUT2D eigenvalue weighted by atomic mass is 32.1. The van der Waals surface area contributed by atoms with Crippen molar-refractivity contribution in [1.29, 1.82) is 0 Å². The van der Waals surface area contributed by atoms with E-state index >= 15 is 0 Å². The van der Waals surface area contributed by atoms with Crippen LogP contribution in [-0.2, 0) is 11.2 Å². The maximum atomic E-state index is 8.97. The smallest absolute Gasteiger partial charge is 0.224 e. The van der Waals surface area contributed by atoms with Gasteiger partial charge in [0.25, 0.3) is 0 Å². The topological polar surface area (TPSA) is 79.3 Å². The molecule has 2 aromatic rings. The number of thiophene rings is 1. The van der Waals surface area contributed by atoms with Crippen molar-refractivity contribution in [3.8, 4) is 0 Å². The Kier molecular flexibility index (Phi) is 5.79. The minimum atomic E-state index is 0.0568. The number of nitrogens with zero attached hydrogens (tertiary/aromatic N) is 2. The number of hydrogen-bond acceptors (Lipinski definition) is 7. The maximum Gasteiger partial charge on any atom is 0.224 e. The fourth-order valence-corrected chi connectivity index (χ4v) is 3.26. The average molecular weight is 334 g/mol. The summed E-state index contributed by atoms with van der Waals surface area (Å²) in [6, 6.07) is 6.22. The molecule has 1 atom stereocenters. The average Bonchev–Trinajstić information content (AvgIpc) is 3.26. The lowest BCUT2D eigenvalue weighted by Gasteiger charge is -2.13. The Labute approximate surface area is 139 Å². The van der Waals surface area contributed by atoms with Crippen LogP contribution in [0.5, 0.6) is 0 Å². The van der Waals surface area contributed by atoms with E-state index in [-0.39, 0.29) is 6.61 Å². The fourth-order valence-electron chi connectivity index (χ4n) is 2.55. The second-order valence-corrected chi connectivity index (χ2v) is 6.50. The third-order valence-corrected chi connectivity index (χ3v) is 4.68. The van der Waals surface area contributed by atoms with Gasteiger partial charge in [-0.25, -0.2) is 4.98 Å². The van der Waals surface area contributed by atoms with E-state index < -0.39 is 0 Å². The molecule has 3 N–H and O–H groups in total. The molecule has 2 aromatic heterocycles. The first-order chi connectivity index (χ1) is 11.3. The van der Waals surface area contributed by atoms with Crippen molar-refractivity contribution in [2.75, 3.05) is 43.5 Å². The summed E-state index contributed by atoms with van der Waals surface area (Å²) < 4.78 is 5.46. The van der Waals surface area contributed by atoms with Gasteiger partial charge in [0.05, 0.1) is 18.9 Å². The van der Waals surface area contributed by atoms with Gasteiger partial charge in [0, 0.05) is 36.6 Å². The fraction of sp³-hybridized carbons (Fsp3) is 0.500. The molecule has 7 heteroatoms. The van der Waals surface area contributed by atoms with Crippen molar-refractivity contribution in [3.63, 3.8) is 0 Å². The van der Waals surface area contributed by atoms with Gasteiger partial charge >= 0.3 is 0 Å². The van der Waals surface area contributed by atoms with E-state index in [1.165, 1.54) is 4.88 Å². The summed E-state index contributed by atoms with van der Waals surface area (Å²) >= 11 is 1.77. The molecule has 0 spiro atoms. The van der Waals surface area contributed by atoms with Crippen LogP contribution in [0.2, 0.25) is 0 Å². The molecule has 124 valence electrons. The molecule has 6 nitrogen and oxygen atoms in total. The van der Waals surface area contributed by atoms with Gasteiger partial charge in [0.1, 0.15) is 5.82 Å². The Morgan fingerprint density at radius 2 is 2.26 bits per heavy atom. The first kappa shape index (κ1) is 16.2. The first-order valence-corrected chi connectivity index (χ1v) is 8.81. The Bertz CT molecular complexity index is 600.